The quantitative estimate of drug-likeness (QED) is 0.774. The van der Waals surface area contributed by atoms with Crippen molar-refractivity contribution in [1.29, 1.82) is 0 Å². The maximum Gasteiger partial charge on any atom is 0.265 e. The molecule has 0 bridgehead atoms. The number of hydrogen-bond acceptors (Lipinski definition) is 5. The molecular formula is C17H19N5OS. The monoisotopic (exact) mass is 341 g/mol. The van der Waals surface area contributed by atoms with Gasteiger partial charge in [0.2, 0.25) is 0 Å². The van der Waals surface area contributed by atoms with Crippen LogP contribution in [-0.4, -0.2) is 25.3 Å². The van der Waals surface area contributed by atoms with Crippen molar-refractivity contribution >= 4 is 17.4 Å². The zero-order valence-corrected chi connectivity index (χ0v) is 14.7. The van der Waals surface area contributed by atoms with Crippen molar-refractivity contribution < 1.29 is 4.79 Å². The number of nitrogens with zero attached hydrogens (tertiary/aromatic N) is 4. The number of aryl methyl sites for hydroxylation is 1. The zero-order chi connectivity index (χ0) is 17.1. The van der Waals surface area contributed by atoms with Crippen LogP contribution >= 0.6 is 11.5 Å². The first kappa shape index (κ1) is 16.3. The van der Waals surface area contributed by atoms with Gasteiger partial charge in [-0.2, -0.15) is 5.10 Å². The molecule has 0 fully saturated rings. The minimum absolute atomic E-state index is 0.138. The van der Waals surface area contributed by atoms with E-state index in [-0.39, 0.29) is 11.9 Å². The summed E-state index contributed by atoms with van der Waals surface area (Å²) in [6, 6.07) is 9.78. The fourth-order valence-corrected chi connectivity index (χ4v) is 3.28. The molecule has 1 N–H and O–H groups in total. The Kier molecular flexibility index (Phi) is 4.71. The van der Waals surface area contributed by atoms with Crippen molar-refractivity contribution in [2.24, 2.45) is 0 Å². The van der Waals surface area contributed by atoms with Gasteiger partial charge in [0, 0.05) is 11.3 Å². The fourth-order valence-electron chi connectivity index (χ4n) is 2.63. The summed E-state index contributed by atoms with van der Waals surface area (Å²) in [7, 11) is 0. The summed E-state index contributed by atoms with van der Waals surface area (Å²) >= 11 is 1.13. The van der Waals surface area contributed by atoms with E-state index in [1.807, 2.05) is 55.8 Å². The third kappa shape index (κ3) is 3.07. The Bertz CT molecular complexity index is 840. The van der Waals surface area contributed by atoms with E-state index in [2.05, 4.69) is 20.0 Å². The van der Waals surface area contributed by atoms with Gasteiger partial charge >= 0.3 is 0 Å². The second-order valence-electron chi connectivity index (χ2n) is 5.53. The van der Waals surface area contributed by atoms with Crippen LogP contribution < -0.4 is 5.32 Å². The van der Waals surface area contributed by atoms with Gasteiger partial charge in [-0.3, -0.25) is 4.79 Å². The van der Waals surface area contributed by atoms with Crippen molar-refractivity contribution in [3.8, 4) is 5.69 Å². The second-order valence-corrected chi connectivity index (χ2v) is 6.28. The van der Waals surface area contributed by atoms with Crippen molar-refractivity contribution in [3.05, 3.63) is 58.4 Å². The molecule has 0 saturated carbocycles. The highest BCUT2D eigenvalue weighted by Crippen LogP contribution is 2.21. The number of nitrogens with one attached hydrogen (secondary N) is 1. The lowest BCUT2D eigenvalue weighted by molar-refractivity contribution is 0.0943. The van der Waals surface area contributed by atoms with Gasteiger partial charge in [-0.05, 0) is 43.9 Å². The Hall–Kier alpha value is -2.54. The van der Waals surface area contributed by atoms with Gasteiger partial charge in [0.05, 0.1) is 23.6 Å². The largest absolute Gasteiger partial charge is 0.345 e. The van der Waals surface area contributed by atoms with Gasteiger partial charge in [-0.15, -0.1) is 5.10 Å². The zero-order valence-electron chi connectivity index (χ0n) is 13.9. The summed E-state index contributed by atoms with van der Waals surface area (Å²) in [6.45, 7) is 5.92. The van der Waals surface area contributed by atoms with Crippen LogP contribution in [0.2, 0.25) is 0 Å². The van der Waals surface area contributed by atoms with Gasteiger partial charge in [0.15, 0.2) is 0 Å². The molecule has 6 nitrogen and oxygen atoms in total. The molecule has 3 rings (SSSR count). The van der Waals surface area contributed by atoms with E-state index in [4.69, 9.17) is 0 Å². The van der Waals surface area contributed by atoms with Gasteiger partial charge in [-0.1, -0.05) is 29.6 Å². The van der Waals surface area contributed by atoms with Crippen molar-refractivity contribution in [3.63, 3.8) is 0 Å². The Morgan fingerprint density at radius 3 is 2.79 bits per heavy atom. The number of rotatable bonds is 5. The Morgan fingerprint density at radius 1 is 1.33 bits per heavy atom. The summed E-state index contributed by atoms with van der Waals surface area (Å²) in [5.41, 5.74) is 3.73. The molecule has 1 atom stereocenters. The number of amides is 1. The van der Waals surface area contributed by atoms with Crippen LogP contribution in [0.5, 0.6) is 0 Å². The second kappa shape index (κ2) is 6.92. The molecule has 2 heterocycles. The van der Waals surface area contributed by atoms with Gasteiger partial charge < -0.3 is 5.32 Å². The van der Waals surface area contributed by atoms with Crippen molar-refractivity contribution in [2.75, 3.05) is 0 Å². The SMILES string of the molecule is CCc1nnsc1C(=O)NC(C)c1cnn(-c2ccccc2)c1C. The highest BCUT2D eigenvalue weighted by molar-refractivity contribution is 7.08. The van der Waals surface area contributed by atoms with E-state index < -0.39 is 0 Å². The van der Waals surface area contributed by atoms with Crippen LogP contribution in [0.1, 0.15) is 46.5 Å². The molecule has 3 aromatic rings. The lowest BCUT2D eigenvalue weighted by Crippen LogP contribution is -2.27. The van der Waals surface area contributed by atoms with E-state index in [1.165, 1.54) is 0 Å². The molecule has 0 aliphatic rings. The maximum atomic E-state index is 12.4. The molecular weight excluding hydrogens is 322 g/mol. The Balaban J connectivity index is 1.80. The number of benzene rings is 1. The van der Waals surface area contributed by atoms with E-state index in [9.17, 15) is 4.79 Å². The normalized spacial score (nSPS) is 12.1. The molecule has 1 unspecified atom stereocenters. The average Bonchev–Trinajstić information content (AvgIpc) is 3.21. The predicted molar refractivity (Wildman–Crippen MR) is 93.5 cm³/mol. The van der Waals surface area contributed by atoms with Crippen LogP contribution in [0.25, 0.3) is 5.69 Å². The van der Waals surface area contributed by atoms with Crippen molar-refractivity contribution in [2.45, 2.75) is 33.2 Å². The Morgan fingerprint density at radius 2 is 2.08 bits per heavy atom. The molecule has 0 aliphatic heterocycles. The van der Waals surface area contributed by atoms with Crippen LogP contribution in [-0.2, 0) is 6.42 Å². The van der Waals surface area contributed by atoms with E-state index >= 15 is 0 Å². The number of carbonyl (C=O) groups is 1. The van der Waals surface area contributed by atoms with Crippen LogP contribution in [0.3, 0.4) is 0 Å². The maximum absolute atomic E-state index is 12.4. The third-order valence-electron chi connectivity index (χ3n) is 3.96. The van der Waals surface area contributed by atoms with E-state index in [0.717, 1.165) is 34.2 Å². The number of aromatic nitrogens is 4. The van der Waals surface area contributed by atoms with Crippen molar-refractivity contribution in [1.82, 2.24) is 24.7 Å². The number of para-hydroxylation sites is 1. The summed E-state index contributed by atoms with van der Waals surface area (Å²) in [5.74, 6) is -0.138. The highest BCUT2D eigenvalue weighted by atomic mass is 32.1. The first-order valence-electron chi connectivity index (χ1n) is 7.83. The third-order valence-corrected chi connectivity index (χ3v) is 4.73. The van der Waals surface area contributed by atoms with Crippen LogP contribution in [0, 0.1) is 6.92 Å². The highest BCUT2D eigenvalue weighted by Gasteiger charge is 2.20. The van der Waals surface area contributed by atoms with Crippen LogP contribution in [0.4, 0.5) is 0 Å². The average molecular weight is 341 g/mol. The predicted octanol–water partition coefficient (Wildman–Crippen LogP) is 3.09. The van der Waals surface area contributed by atoms with Crippen LogP contribution in [0.15, 0.2) is 36.5 Å². The minimum Gasteiger partial charge on any atom is -0.345 e. The summed E-state index contributed by atoms with van der Waals surface area (Å²) in [5, 5.41) is 11.5. The molecule has 24 heavy (non-hydrogen) atoms. The molecule has 124 valence electrons. The van der Waals surface area contributed by atoms with Gasteiger partial charge in [0.25, 0.3) is 5.91 Å². The summed E-state index contributed by atoms with van der Waals surface area (Å²) in [6.07, 6.45) is 2.50. The summed E-state index contributed by atoms with van der Waals surface area (Å²) < 4.78 is 5.75. The van der Waals surface area contributed by atoms with E-state index in [1.54, 1.807) is 6.20 Å². The molecule has 0 aliphatic carbocycles. The van der Waals surface area contributed by atoms with E-state index in [0.29, 0.717) is 11.3 Å². The Labute approximate surface area is 144 Å². The number of carbonyl (C=O) groups excluding carboxylic acids is 1. The molecule has 1 amide bonds. The summed E-state index contributed by atoms with van der Waals surface area (Å²) in [4.78, 5) is 13.0. The standard InChI is InChI=1S/C17H19N5OS/c1-4-15-16(24-21-20-15)17(23)19-11(2)14-10-18-22(12(14)3)13-8-6-5-7-9-13/h5-11H,4H2,1-3H3,(H,19,23). The lowest BCUT2D eigenvalue weighted by atomic mass is 10.1. The molecule has 0 radical (unpaired) electrons. The van der Waals surface area contributed by atoms with Gasteiger partial charge in [-0.25, -0.2) is 4.68 Å². The van der Waals surface area contributed by atoms with Gasteiger partial charge in [0.1, 0.15) is 4.88 Å². The lowest BCUT2D eigenvalue weighted by Gasteiger charge is -2.13. The number of hydrogen-bond donors (Lipinski definition) is 1. The molecule has 0 saturated heterocycles. The molecule has 1 aromatic carbocycles. The molecule has 7 heteroatoms. The fraction of sp³-hybridized carbons (Fsp3) is 0.294. The smallest absolute Gasteiger partial charge is 0.265 e. The molecule has 2 aromatic heterocycles. The first-order chi connectivity index (χ1) is 11.6. The molecule has 0 spiro atoms. The first-order valence-corrected chi connectivity index (χ1v) is 8.61. The topological polar surface area (TPSA) is 72.7 Å². The minimum atomic E-state index is -0.151.